The van der Waals surface area contributed by atoms with Crippen molar-refractivity contribution in [1.29, 1.82) is 0 Å². The molecule has 10 aromatic carbocycles. The first-order chi connectivity index (χ1) is 31.7. The number of fused-ring (bicyclic) bond motifs is 9. The molecule has 1 aliphatic carbocycles. The van der Waals surface area contributed by atoms with Gasteiger partial charge in [-0.1, -0.05) is 182 Å². The quantitative estimate of drug-likeness (QED) is 0.159. The van der Waals surface area contributed by atoms with Crippen LogP contribution in [0, 0.1) is 0 Å². The zero-order valence-electron chi connectivity index (χ0n) is 34.8. The number of para-hydroxylation sites is 2. The van der Waals surface area contributed by atoms with Crippen molar-refractivity contribution in [3.63, 3.8) is 0 Å². The summed E-state index contributed by atoms with van der Waals surface area (Å²) in [6, 6.07) is 86.4. The third-order valence-electron chi connectivity index (χ3n) is 13.4. The molecule has 0 unspecified atom stereocenters. The van der Waals surface area contributed by atoms with Gasteiger partial charge in [0, 0.05) is 42.3 Å². The predicted octanol–water partition coefficient (Wildman–Crippen LogP) is 17.1. The fourth-order valence-corrected chi connectivity index (χ4v) is 11.6. The van der Waals surface area contributed by atoms with Gasteiger partial charge >= 0.3 is 0 Å². The molecule has 0 bridgehead atoms. The molecule has 0 radical (unpaired) electrons. The Hall–Kier alpha value is -7.98. The van der Waals surface area contributed by atoms with Crippen LogP contribution >= 0.6 is 11.3 Å². The predicted molar refractivity (Wildman–Crippen MR) is 269 cm³/mol. The van der Waals surface area contributed by atoms with Gasteiger partial charge in [0.25, 0.3) is 0 Å². The van der Waals surface area contributed by atoms with Gasteiger partial charge in [-0.05, 0) is 110 Å². The topological polar surface area (TPSA) is 16.4 Å². The molecule has 0 N–H and O–H groups in total. The maximum atomic E-state index is 6.74. The van der Waals surface area contributed by atoms with Crippen LogP contribution in [0.2, 0.25) is 0 Å². The second-order valence-corrected chi connectivity index (χ2v) is 17.9. The van der Waals surface area contributed by atoms with Crippen molar-refractivity contribution in [2.75, 3.05) is 4.90 Å². The van der Waals surface area contributed by atoms with Crippen molar-refractivity contribution in [3.8, 4) is 33.4 Å². The Bertz CT molecular complexity index is 3670. The van der Waals surface area contributed by atoms with Gasteiger partial charge in [0.05, 0.1) is 11.1 Å². The lowest BCUT2D eigenvalue weighted by atomic mass is 9.68. The molecule has 1 aliphatic rings. The Labute approximate surface area is 375 Å². The van der Waals surface area contributed by atoms with Gasteiger partial charge in [-0.25, -0.2) is 0 Å². The van der Waals surface area contributed by atoms with Crippen molar-refractivity contribution >= 4 is 70.5 Å². The third kappa shape index (κ3) is 5.58. The van der Waals surface area contributed by atoms with Gasteiger partial charge < -0.3 is 9.32 Å². The molecule has 0 atom stereocenters. The number of furan rings is 1. The van der Waals surface area contributed by atoms with Gasteiger partial charge in [-0.3, -0.25) is 0 Å². The molecule has 64 heavy (non-hydrogen) atoms. The standard InChI is InChI=1S/C61H39NOS/c1-3-14-44(15-4-1)61(45-16-5-2-6-17-45)54-22-10-7-18-48(54)52-39-47(35-36-55(52)61)62(56-23-13-21-51-49-19-8-11-24-57(49)63-60(51)56)46-33-30-41(31-34-46)40-26-28-42(29-27-40)43-32-37-59-53(38-43)50-20-9-12-25-58(50)64-59/h1-39H. The summed E-state index contributed by atoms with van der Waals surface area (Å²) in [6.45, 7) is 0. The zero-order valence-corrected chi connectivity index (χ0v) is 35.6. The van der Waals surface area contributed by atoms with Gasteiger partial charge in [0.2, 0.25) is 0 Å². The van der Waals surface area contributed by atoms with Crippen LogP contribution in [-0.4, -0.2) is 0 Å². The number of hydrogen-bond donors (Lipinski definition) is 0. The Balaban J connectivity index is 0.941. The maximum Gasteiger partial charge on any atom is 0.159 e. The summed E-state index contributed by atoms with van der Waals surface area (Å²) >= 11 is 1.86. The highest BCUT2D eigenvalue weighted by atomic mass is 32.1. The van der Waals surface area contributed by atoms with E-state index in [9.17, 15) is 0 Å². The van der Waals surface area contributed by atoms with Crippen LogP contribution in [0.3, 0.4) is 0 Å². The minimum atomic E-state index is -0.473. The average Bonchev–Trinajstić information content (AvgIpc) is 4.03. The minimum absolute atomic E-state index is 0.473. The van der Waals surface area contributed by atoms with E-state index in [4.69, 9.17) is 4.42 Å². The molecule has 2 heterocycles. The summed E-state index contributed by atoms with van der Waals surface area (Å²) < 4.78 is 9.40. The monoisotopic (exact) mass is 833 g/mol. The maximum absolute atomic E-state index is 6.74. The Morgan fingerprint density at radius 1 is 0.359 bits per heavy atom. The van der Waals surface area contributed by atoms with Gasteiger partial charge in [0.1, 0.15) is 5.58 Å². The molecule has 2 nitrogen and oxygen atoms in total. The SMILES string of the molecule is c1ccc(C2(c3ccccc3)c3ccccc3-c3cc(N(c4ccc(-c5ccc(-c6ccc7sc8ccccc8c7c6)cc5)cc4)c4cccc5c4oc4ccccc45)ccc32)cc1. The zero-order chi connectivity index (χ0) is 42.2. The molecule has 0 aliphatic heterocycles. The van der Waals surface area contributed by atoms with E-state index in [-0.39, 0.29) is 0 Å². The molecular weight excluding hydrogens is 795 g/mol. The van der Waals surface area contributed by atoms with Crippen LogP contribution < -0.4 is 4.90 Å². The van der Waals surface area contributed by atoms with Crippen LogP contribution in [0.25, 0.3) is 75.5 Å². The molecule has 0 fully saturated rings. The second kappa shape index (κ2) is 14.6. The van der Waals surface area contributed by atoms with Gasteiger partial charge in [-0.2, -0.15) is 0 Å². The van der Waals surface area contributed by atoms with Crippen LogP contribution in [0.15, 0.2) is 241 Å². The van der Waals surface area contributed by atoms with Crippen LogP contribution in [-0.2, 0) is 5.41 Å². The highest BCUT2D eigenvalue weighted by Gasteiger charge is 2.46. The van der Waals surface area contributed by atoms with Crippen molar-refractivity contribution < 1.29 is 4.42 Å². The number of thiophene rings is 1. The van der Waals surface area contributed by atoms with E-state index in [1.165, 1.54) is 70.2 Å². The van der Waals surface area contributed by atoms with Crippen molar-refractivity contribution in [1.82, 2.24) is 0 Å². The van der Waals surface area contributed by atoms with E-state index in [0.717, 1.165) is 44.6 Å². The number of hydrogen-bond acceptors (Lipinski definition) is 3. The van der Waals surface area contributed by atoms with Gasteiger partial charge in [0.15, 0.2) is 5.58 Å². The summed E-state index contributed by atoms with van der Waals surface area (Å²) in [5.74, 6) is 0. The van der Waals surface area contributed by atoms with E-state index in [0.29, 0.717) is 0 Å². The molecule has 0 saturated carbocycles. The molecular formula is C61H39NOS. The highest BCUT2D eigenvalue weighted by molar-refractivity contribution is 7.25. The fraction of sp³-hybridized carbons (Fsp3) is 0.0164. The molecule has 3 heteroatoms. The molecule has 13 rings (SSSR count). The van der Waals surface area contributed by atoms with Crippen molar-refractivity contribution in [2.24, 2.45) is 0 Å². The van der Waals surface area contributed by atoms with E-state index in [1.54, 1.807) is 0 Å². The summed E-state index contributed by atoms with van der Waals surface area (Å²) in [5.41, 5.74) is 16.7. The van der Waals surface area contributed by atoms with E-state index in [2.05, 4.69) is 235 Å². The lowest BCUT2D eigenvalue weighted by Gasteiger charge is -2.34. The van der Waals surface area contributed by atoms with E-state index >= 15 is 0 Å². The molecule has 12 aromatic rings. The minimum Gasteiger partial charge on any atom is -0.454 e. The summed E-state index contributed by atoms with van der Waals surface area (Å²) in [4.78, 5) is 2.37. The Kier molecular flexibility index (Phi) is 8.34. The molecule has 0 spiro atoms. The summed E-state index contributed by atoms with van der Waals surface area (Å²) in [7, 11) is 0. The van der Waals surface area contributed by atoms with Crippen LogP contribution in [0.1, 0.15) is 22.3 Å². The first-order valence-electron chi connectivity index (χ1n) is 21.9. The first kappa shape index (κ1) is 36.7. The summed E-state index contributed by atoms with van der Waals surface area (Å²) in [5, 5.41) is 4.85. The third-order valence-corrected chi connectivity index (χ3v) is 14.5. The second-order valence-electron chi connectivity index (χ2n) is 16.8. The molecule has 2 aromatic heterocycles. The largest absolute Gasteiger partial charge is 0.454 e. The molecule has 300 valence electrons. The Morgan fingerprint density at radius 2 is 0.922 bits per heavy atom. The molecule has 0 amide bonds. The number of anilines is 3. The van der Waals surface area contributed by atoms with E-state index in [1.807, 2.05) is 17.4 Å². The first-order valence-corrected chi connectivity index (χ1v) is 22.7. The number of benzene rings is 10. The normalized spacial score (nSPS) is 12.8. The van der Waals surface area contributed by atoms with Crippen LogP contribution in [0.4, 0.5) is 17.1 Å². The number of nitrogens with zero attached hydrogens (tertiary/aromatic N) is 1. The van der Waals surface area contributed by atoms with Crippen LogP contribution in [0.5, 0.6) is 0 Å². The highest BCUT2D eigenvalue weighted by Crippen LogP contribution is 2.57. The summed E-state index contributed by atoms with van der Waals surface area (Å²) in [6.07, 6.45) is 0. The van der Waals surface area contributed by atoms with Gasteiger partial charge in [-0.15, -0.1) is 11.3 Å². The average molecular weight is 834 g/mol. The number of rotatable bonds is 7. The molecule has 0 saturated heterocycles. The van der Waals surface area contributed by atoms with Crippen molar-refractivity contribution in [2.45, 2.75) is 5.41 Å². The smallest absolute Gasteiger partial charge is 0.159 e. The van der Waals surface area contributed by atoms with Crippen molar-refractivity contribution in [3.05, 3.63) is 259 Å². The lowest BCUT2D eigenvalue weighted by molar-refractivity contribution is 0.669. The lowest BCUT2D eigenvalue weighted by Crippen LogP contribution is -2.28. The Morgan fingerprint density at radius 3 is 1.69 bits per heavy atom. The fourth-order valence-electron chi connectivity index (χ4n) is 10.5. The van der Waals surface area contributed by atoms with E-state index < -0.39 is 5.41 Å².